The number of carbonyl (C=O) groups excluding carboxylic acids is 1. The third-order valence-electron chi connectivity index (χ3n) is 4.32. The van der Waals surface area contributed by atoms with E-state index >= 15 is 0 Å². The third kappa shape index (κ3) is 2.34. The minimum absolute atomic E-state index is 0.0787. The third-order valence-corrected chi connectivity index (χ3v) is 4.32. The average Bonchev–Trinajstić information content (AvgIpc) is 2.92. The van der Waals surface area contributed by atoms with Crippen LogP contribution in [0.4, 0.5) is 0 Å². The van der Waals surface area contributed by atoms with Gasteiger partial charge < -0.3 is 15.2 Å². The van der Waals surface area contributed by atoms with E-state index in [2.05, 4.69) is 5.32 Å². The highest BCUT2D eigenvalue weighted by Crippen LogP contribution is 2.45. The molecule has 0 bridgehead atoms. The Morgan fingerprint density at radius 3 is 2.52 bits per heavy atom. The van der Waals surface area contributed by atoms with E-state index in [0.29, 0.717) is 12.4 Å². The van der Waals surface area contributed by atoms with Gasteiger partial charge in [0.15, 0.2) is 0 Å². The molecule has 1 amide bonds. The molecule has 0 saturated carbocycles. The van der Waals surface area contributed by atoms with Crippen molar-refractivity contribution in [1.82, 2.24) is 5.32 Å². The monoisotopic (exact) mass is 311 g/mol. The zero-order valence-electron chi connectivity index (χ0n) is 12.9. The molecule has 3 rings (SSSR count). The first-order valence-electron chi connectivity index (χ1n) is 7.29. The van der Waals surface area contributed by atoms with Gasteiger partial charge in [-0.1, -0.05) is 30.3 Å². The summed E-state index contributed by atoms with van der Waals surface area (Å²) in [6, 6.07) is 12.7. The van der Waals surface area contributed by atoms with Crippen LogP contribution >= 0.6 is 0 Å². The Kier molecular flexibility index (Phi) is 3.56. The van der Waals surface area contributed by atoms with E-state index in [0.717, 1.165) is 11.1 Å². The van der Waals surface area contributed by atoms with Crippen LogP contribution in [-0.2, 0) is 5.41 Å². The number of rotatable bonds is 3. The molecule has 1 atom stereocenters. The van der Waals surface area contributed by atoms with Crippen molar-refractivity contribution in [3.63, 3.8) is 0 Å². The Morgan fingerprint density at radius 2 is 1.91 bits per heavy atom. The van der Waals surface area contributed by atoms with E-state index < -0.39 is 11.4 Å². The number of carboxylic acids is 1. The van der Waals surface area contributed by atoms with Crippen LogP contribution in [0.2, 0.25) is 0 Å². The average molecular weight is 311 g/mol. The quantitative estimate of drug-likeness (QED) is 0.913. The first-order valence-corrected chi connectivity index (χ1v) is 7.29. The molecule has 118 valence electrons. The van der Waals surface area contributed by atoms with Crippen molar-refractivity contribution < 1.29 is 19.4 Å². The van der Waals surface area contributed by atoms with Crippen molar-refractivity contribution in [2.24, 2.45) is 0 Å². The lowest BCUT2D eigenvalue weighted by Gasteiger charge is -2.23. The molecule has 1 heterocycles. The van der Waals surface area contributed by atoms with E-state index in [1.54, 1.807) is 6.07 Å². The molecule has 0 fully saturated rings. The number of amides is 1. The molecule has 0 aliphatic carbocycles. The zero-order chi connectivity index (χ0) is 16.6. The van der Waals surface area contributed by atoms with Gasteiger partial charge in [0, 0.05) is 12.6 Å². The highest BCUT2D eigenvalue weighted by molar-refractivity contribution is 6.00. The lowest BCUT2D eigenvalue weighted by atomic mass is 9.77. The summed E-state index contributed by atoms with van der Waals surface area (Å²) in [6.07, 6.45) is 0. The smallest absolute Gasteiger partial charge is 0.335 e. The summed E-state index contributed by atoms with van der Waals surface area (Å²) in [7, 11) is 1.51. The van der Waals surface area contributed by atoms with Gasteiger partial charge in [-0.15, -0.1) is 0 Å². The number of carboxylic acid groups (broad SMARTS) is 1. The van der Waals surface area contributed by atoms with Crippen LogP contribution in [0.25, 0.3) is 0 Å². The second-order valence-corrected chi connectivity index (χ2v) is 5.77. The number of carbonyl (C=O) groups is 2. The fourth-order valence-corrected chi connectivity index (χ4v) is 2.96. The summed E-state index contributed by atoms with van der Waals surface area (Å²) in [5.74, 6) is -0.970. The first kappa shape index (κ1) is 15.1. The number of hydrogen-bond acceptors (Lipinski definition) is 3. The van der Waals surface area contributed by atoms with Crippen LogP contribution in [0.15, 0.2) is 42.5 Å². The van der Waals surface area contributed by atoms with Gasteiger partial charge in [-0.25, -0.2) is 4.79 Å². The predicted molar refractivity (Wildman–Crippen MR) is 85.2 cm³/mol. The topological polar surface area (TPSA) is 75.6 Å². The lowest BCUT2D eigenvalue weighted by Crippen LogP contribution is -2.25. The summed E-state index contributed by atoms with van der Waals surface area (Å²) < 4.78 is 5.80. The predicted octanol–water partition coefficient (Wildman–Crippen LogP) is 2.44. The number of nitrogens with one attached hydrogen (secondary N) is 1. The van der Waals surface area contributed by atoms with Gasteiger partial charge in [0.2, 0.25) is 0 Å². The van der Waals surface area contributed by atoms with E-state index in [9.17, 15) is 14.7 Å². The second-order valence-electron chi connectivity index (χ2n) is 5.77. The summed E-state index contributed by atoms with van der Waals surface area (Å²) in [5, 5.41) is 11.9. The molecule has 2 aromatic carbocycles. The maximum Gasteiger partial charge on any atom is 0.335 e. The highest BCUT2D eigenvalue weighted by Gasteiger charge is 2.40. The normalized spacial score (nSPS) is 18.9. The fraction of sp³-hybridized carbons (Fsp3) is 0.222. The lowest BCUT2D eigenvalue weighted by molar-refractivity contribution is 0.0696. The molecule has 1 aliphatic heterocycles. The largest absolute Gasteiger partial charge is 0.491 e. The van der Waals surface area contributed by atoms with Crippen molar-refractivity contribution >= 4 is 11.9 Å². The standard InChI is InChI=1S/C18H17NO4/c1-18(12-6-4-3-5-7-12)10-23-15-13(16(20)19-2)8-11(17(21)22)9-14(15)18/h3-9H,10H2,1-2H3,(H,19,20)(H,21,22). The Hall–Kier alpha value is -2.82. The second kappa shape index (κ2) is 5.43. The summed E-state index contributed by atoms with van der Waals surface area (Å²) >= 11 is 0. The minimum atomic E-state index is -1.07. The number of ether oxygens (including phenoxy) is 1. The number of aromatic carboxylic acids is 1. The van der Waals surface area contributed by atoms with E-state index in [1.165, 1.54) is 13.1 Å². The summed E-state index contributed by atoms with van der Waals surface area (Å²) in [6.45, 7) is 2.35. The number of hydrogen-bond donors (Lipinski definition) is 2. The molecule has 0 saturated heterocycles. The Bertz CT molecular complexity index is 785. The van der Waals surface area contributed by atoms with Crippen LogP contribution in [0.3, 0.4) is 0 Å². The maximum absolute atomic E-state index is 12.1. The van der Waals surface area contributed by atoms with Gasteiger partial charge in [-0.2, -0.15) is 0 Å². The van der Waals surface area contributed by atoms with Crippen LogP contribution in [0, 0.1) is 0 Å². The SMILES string of the molecule is CNC(=O)c1cc(C(=O)O)cc2c1OCC2(C)c1ccccc1. The van der Waals surface area contributed by atoms with Gasteiger partial charge >= 0.3 is 5.97 Å². The number of benzene rings is 2. The molecule has 0 radical (unpaired) electrons. The molecule has 0 aromatic heterocycles. The van der Waals surface area contributed by atoms with E-state index in [4.69, 9.17) is 4.74 Å². The first-order chi connectivity index (χ1) is 11.0. The molecule has 1 unspecified atom stereocenters. The van der Waals surface area contributed by atoms with Crippen molar-refractivity contribution in [1.29, 1.82) is 0 Å². The summed E-state index contributed by atoms with van der Waals surface area (Å²) in [4.78, 5) is 23.6. The van der Waals surface area contributed by atoms with Crippen molar-refractivity contribution in [2.75, 3.05) is 13.7 Å². The molecule has 23 heavy (non-hydrogen) atoms. The Balaban J connectivity index is 2.24. The minimum Gasteiger partial charge on any atom is -0.491 e. The molecule has 2 aromatic rings. The fourth-order valence-electron chi connectivity index (χ4n) is 2.96. The van der Waals surface area contributed by atoms with Crippen LogP contribution in [-0.4, -0.2) is 30.6 Å². The van der Waals surface area contributed by atoms with Crippen molar-refractivity contribution in [3.05, 3.63) is 64.7 Å². The van der Waals surface area contributed by atoms with Crippen molar-refractivity contribution in [3.8, 4) is 5.75 Å². The highest BCUT2D eigenvalue weighted by atomic mass is 16.5. The van der Waals surface area contributed by atoms with Crippen LogP contribution in [0.5, 0.6) is 5.75 Å². The number of fused-ring (bicyclic) bond motifs is 1. The van der Waals surface area contributed by atoms with Gasteiger partial charge in [-0.3, -0.25) is 4.79 Å². The van der Waals surface area contributed by atoms with Crippen LogP contribution in [0.1, 0.15) is 38.8 Å². The van der Waals surface area contributed by atoms with Gasteiger partial charge in [-0.05, 0) is 24.6 Å². The van der Waals surface area contributed by atoms with Crippen LogP contribution < -0.4 is 10.1 Å². The molecular weight excluding hydrogens is 294 g/mol. The van der Waals surface area contributed by atoms with Gasteiger partial charge in [0.1, 0.15) is 12.4 Å². The summed E-state index contributed by atoms with van der Waals surface area (Å²) in [5.41, 5.74) is 1.58. The van der Waals surface area contributed by atoms with Gasteiger partial charge in [0.05, 0.1) is 16.5 Å². The van der Waals surface area contributed by atoms with Crippen molar-refractivity contribution in [2.45, 2.75) is 12.3 Å². The molecular formula is C18H17NO4. The van der Waals surface area contributed by atoms with Gasteiger partial charge in [0.25, 0.3) is 5.91 Å². The zero-order valence-corrected chi connectivity index (χ0v) is 12.9. The molecule has 0 spiro atoms. The molecule has 5 nitrogen and oxygen atoms in total. The molecule has 1 aliphatic rings. The Morgan fingerprint density at radius 1 is 1.22 bits per heavy atom. The van der Waals surface area contributed by atoms with E-state index in [-0.39, 0.29) is 17.0 Å². The molecule has 5 heteroatoms. The maximum atomic E-state index is 12.1. The Labute approximate surface area is 133 Å². The van der Waals surface area contributed by atoms with E-state index in [1.807, 2.05) is 37.3 Å². The molecule has 2 N–H and O–H groups in total.